The third-order valence-corrected chi connectivity index (χ3v) is 4.92. The fourth-order valence-electron chi connectivity index (χ4n) is 3.51. The first-order chi connectivity index (χ1) is 12.5. The van der Waals surface area contributed by atoms with Crippen molar-refractivity contribution in [3.05, 3.63) is 22.4 Å². The van der Waals surface area contributed by atoms with Gasteiger partial charge in [0, 0.05) is 19.6 Å². The number of nitro groups is 1. The van der Waals surface area contributed by atoms with Crippen molar-refractivity contribution >= 4 is 30.0 Å². The number of carbonyl (C=O) groups is 2. The van der Waals surface area contributed by atoms with Crippen LogP contribution >= 0.6 is 12.4 Å². The monoisotopic (exact) mass is 400 g/mol. The quantitative estimate of drug-likeness (QED) is 0.523. The average Bonchev–Trinajstić information content (AvgIpc) is 3.32. The highest BCUT2D eigenvalue weighted by Gasteiger charge is 2.27. The number of aromatic nitrogens is 2. The summed E-state index contributed by atoms with van der Waals surface area (Å²) in [4.78, 5) is 36.3. The van der Waals surface area contributed by atoms with E-state index in [1.165, 1.54) is 16.9 Å². The minimum Gasteiger partial charge on any atom is -0.358 e. The van der Waals surface area contributed by atoms with Crippen LogP contribution in [0.3, 0.4) is 0 Å². The first kappa shape index (κ1) is 21.1. The zero-order chi connectivity index (χ0) is 18.5. The molecule has 11 heteroatoms. The Morgan fingerprint density at radius 1 is 1.37 bits per heavy atom. The van der Waals surface area contributed by atoms with Gasteiger partial charge in [0.2, 0.25) is 11.8 Å². The van der Waals surface area contributed by atoms with E-state index in [1.807, 2.05) is 0 Å². The number of nitrogens with zero attached hydrogens (tertiary/aromatic N) is 4. The van der Waals surface area contributed by atoms with Crippen molar-refractivity contribution < 1.29 is 14.5 Å². The van der Waals surface area contributed by atoms with Crippen molar-refractivity contribution in [3.8, 4) is 0 Å². The summed E-state index contributed by atoms with van der Waals surface area (Å²) in [5, 5.41) is 20.6. The molecule has 2 unspecified atom stereocenters. The van der Waals surface area contributed by atoms with Gasteiger partial charge in [-0.1, -0.05) is 0 Å². The lowest BCUT2D eigenvalue weighted by molar-refractivity contribution is -0.389. The van der Waals surface area contributed by atoms with Gasteiger partial charge in [0.25, 0.3) is 0 Å². The molecule has 0 aromatic carbocycles. The van der Waals surface area contributed by atoms with E-state index >= 15 is 0 Å². The summed E-state index contributed by atoms with van der Waals surface area (Å²) in [7, 11) is 0. The van der Waals surface area contributed by atoms with Gasteiger partial charge in [-0.3, -0.25) is 9.59 Å². The molecule has 3 heterocycles. The van der Waals surface area contributed by atoms with Crippen molar-refractivity contribution in [3.63, 3.8) is 0 Å². The summed E-state index contributed by atoms with van der Waals surface area (Å²) < 4.78 is 1.29. The Hall–Kier alpha value is -2.20. The van der Waals surface area contributed by atoms with Crippen molar-refractivity contribution in [2.24, 2.45) is 5.92 Å². The van der Waals surface area contributed by atoms with E-state index in [4.69, 9.17) is 0 Å². The highest BCUT2D eigenvalue weighted by Crippen LogP contribution is 2.17. The van der Waals surface area contributed by atoms with Crippen molar-refractivity contribution in [1.29, 1.82) is 0 Å². The third kappa shape index (κ3) is 5.64. The topological polar surface area (TPSA) is 122 Å². The second kappa shape index (κ2) is 9.65. The molecule has 0 spiro atoms. The first-order valence-corrected chi connectivity index (χ1v) is 8.99. The predicted octanol–water partition coefficient (Wildman–Crippen LogP) is 0.320. The van der Waals surface area contributed by atoms with Crippen LogP contribution in [0.25, 0.3) is 0 Å². The van der Waals surface area contributed by atoms with Gasteiger partial charge in [-0.2, -0.15) is 4.68 Å². The Kier molecular flexibility index (Phi) is 7.55. The number of halogens is 1. The van der Waals surface area contributed by atoms with Gasteiger partial charge in [0.1, 0.15) is 6.54 Å². The minimum atomic E-state index is -0.584. The Morgan fingerprint density at radius 2 is 2.19 bits per heavy atom. The van der Waals surface area contributed by atoms with Crippen molar-refractivity contribution in [2.75, 3.05) is 26.2 Å². The third-order valence-electron chi connectivity index (χ3n) is 4.92. The molecule has 0 radical (unpaired) electrons. The van der Waals surface area contributed by atoms with Gasteiger partial charge < -0.3 is 25.6 Å². The van der Waals surface area contributed by atoms with Gasteiger partial charge >= 0.3 is 5.82 Å². The lowest BCUT2D eigenvalue weighted by Gasteiger charge is -2.32. The number of rotatable bonds is 6. The molecule has 3 rings (SSSR count). The van der Waals surface area contributed by atoms with Crippen LogP contribution < -0.4 is 10.6 Å². The second-order valence-corrected chi connectivity index (χ2v) is 6.87. The fourth-order valence-corrected chi connectivity index (χ4v) is 3.51. The Balaban J connectivity index is 0.00000261. The van der Waals surface area contributed by atoms with Crippen LogP contribution in [0.15, 0.2) is 12.3 Å². The number of amides is 2. The number of carbonyl (C=O) groups excluding carboxylic acids is 2. The van der Waals surface area contributed by atoms with Gasteiger partial charge in [-0.05, 0) is 43.1 Å². The number of likely N-dealkylation sites (tertiary alicyclic amines) is 1. The Labute approximate surface area is 163 Å². The summed E-state index contributed by atoms with van der Waals surface area (Å²) in [5.74, 6) is -0.117. The molecule has 0 bridgehead atoms. The summed E-state index contributed by atoms with van der Waals surface area (Å²) in [6.07, 6.45) is 5.18. The number of hydrogen-bond acceptors (Lipinski definition) is 6. The van der Waals surface area contributed by atoms with E-state index in [2.05, 4.69) is 15.7 Å². The maximum atomic E-state index is 12.4. The Morgan fingerprint density at radius 3 is 2.85 bits per heavy atom. The van der Waals surface area contributed by atoms with Crippen molar-refractivity contribution in [2.45, 2.75) is 38.3 Å². The van der Waals surface area contributed by atoms with E-state index in [0.29, 0.717) is 19.6 Å². The summed E-state index contributed by atoms with van der Waals surface area (Å²) >= 11 is 0. The number of nitrogens with one attached hydrogen (secondary N) is 2. The first-order valence-electron chi connectivity index (χ1n) is 8.99. The lowest BCUT2D eigenvalue weighted by Crippen LogP contribution is -2.47. The highest BCUT2D eigenvalue weighted by atomic mass is 35.5. The van der Waals surface area contributed by atoms with Crippen LogP contribution in [0.5, 0.6) is 0 Å². The molecular weight excluding hydrogens is 376 g/mol. The fraction of sp³-hybridized carbons (Fsp3) is 0.688. The molecule has 27 heavy (non-hydrogen) atoms. The van der Waals surface area contributed by atoms with E-state index in [-0.39, 0.29) is 48.5 Å². The highest BCUT2D eigenvalue weighted by molar-refractivity contribution is 5.85. The zero-order valence-corrected chi connectivity index (χ0v) is 15.8. The van der Waals surface area contributed by atoms with Crippen LogP contribution in [0.4, 0.5) is 5.82 Å². The summed E-state index contributed by atoms with van der Waals surface area (Å²) in [6, 6.07) is 1.19. The van der Waals surface area contributed by atoms with Gasteiger partial charge in [-0.15, -0.1) is 12.4 Å². The Bertz CT molecular complexity index is 676. The standard InChI is InChI=1S/C16H24N6O4.ClH/c23-15(11-21-8-5-14(19-21)22(25)26)20-7-2-3-12(10-20)9-18-16(24)13-4-1-6-17-13;/h5,8,12-13,17H,1-4,6-7,9-11H2,(H,18,24);1H. The molecule has 0 aliphatic carbocycles. The van der Waals surface area contributed by atoms with Crippen LogP contribution in [0, 0.1) is 16.0 Å². The van der Waals surface area contributed by atoms with Crippen LogP contribution in [0.1, 0.15) is 25.7 Å². The van der Waals surface area contributed by atoms with Crippen LogP contribution in [-0.4, -0.2) is 63.6 Å². The number of hydrogen-bond donors (Lipinski definition) is 2. The average molecular weight is 401 g/mol. The van der Waals surface area contributed by atoms with E-state index < -0.39 is 4.92 Å². The van der Waals surface area contributed by atoms with Crippen molar-refractivity contribution in [1.82, 2.24) is 25.3 Å². The summed E-state index contributed by atoms with van der Waals surface area (Å²) in [5.41, 5.74) is 0. The summed E-state index contributed by atoms with van der Waals surface area (Å²) in [6.45, 7) is 2.68. The smallest absolute Gasteiger partial charge is 0.358 e. The minimum absolute atomic E-state index is 0. The van der Waals surface area contributed by atoms with Gasteiger partial charge in [0.05, 0.1) is 23.4 Å². The molecule has 2 saturated heterocycles. The second-order valence-electron chi connectivity index (χ2n) is 6.87. The maximum Gasteiger partial charge on any atom is 0.389 e. The normalized spacial score (nSPS) is 22.1. The lowest BCUT2D eigenvalue weighted by atomic mass is 9.97. The molecule has 1 aromatic heterocycles. The van der Waals surface area contributed by atoms with Crippen LogP contribution in [0.2, 0.25) is 0 Å². The van der Waals surface area contributed by atoms with E-state index in [1.54, 1.807) is 4.90 Å². The zero-order valence-electron chi connectivity index (χ0n) is 15.0. The predicted molar refractivity (Wildman–Crippen MR) is 99.5 cm³/mol. The molecule has 2 atom stereocenters. The molecular formula is C16H25ClN6O4. The molecule has 2 aliphatic heterocycles. The molecule has 2 aliphatic rings. The van der Waals surface area contributed by atoms with Gasteiger partial charge in [-0.25, -0.2) is 0 Å². The van der Waals surface area contributed by atoms with E-state index in [0.717, 1.165) is 32.2 Å². The molecule has 0 saturated carbocycles. The molecule has 1 aromatic rings. The maximum absolute atomic E-state index is 12.4. The van der Waals surface area contributed by atoms with Gasteiger partial charge in [0.15, 0.2) is 0 Å². The van der Waals surface area contributed by atoms with E-state index in [9.17, 15) is 19.7 Å². The number of piperidine rings is 1. The molecule has 2 fully saturated rings. The SMILES string of the molecule is Cl.O=C(NCC1CCCN(C(=O)Cn2ccc([N+](=O)[O-])n2)C1)C1CCCN1. The van der Waals surface area contributed by atoms with Crippen LogP contribution in [-0.2, 0) is 16.1 Å². The largest absolute Gasteiger partial charge is 0.389 e. The molecule has 2 amide bonds. The molecule has 150 valence electrons. The molecule has 2 N–H and O–H groups in total. The molecule has 10 nitrogen and oxygen atoms in total.